The van der Waals surface area contributed by atoms with Gasteiger partial charge in [0.15, 0.2) is 17.5 Å². The van der Waals surface area contributed by atoms with Gasteiger partial charge in [-0.25, -0.2) is 15.0 Å². The number of rotatable bonds is 5. The molecule has 2 heterocycles. The summed E-state index contributed by atoms with van der Waals surface area (Å²) in [6.45, 7) is 4.73. The monoisotopic (exact) mass is 682 g/mol. The van der Waals surface area contributed by atoms with Crippen LogP contribution in [-0.4, -0.2) is 21.0 Å². The second-order valence-electron chi connectivity index (χ2n) is 14.8. The Bertz CT molecular complexity index is 2580. The van der Waals surface area contributed by atoms with Gasteiger partial charge in [0.2, 0.25) is 0 Å². The number of allylic oxidation sites excluding steroid dienone is 3. The van der Waals surface area contributed by atoms with Crippen molar-refractivity contribution < 1.29 is 0 Å². The molecule has 1 unspecified atom stereocenters. The number of aromatic nitrogens is 3. The van der Waals surface area contributed by atoms with E-state index in [1.165, 1.54) is 44.6 Å². The predicted molar refractivity (Wildman–Crippen MR) is 218 cm³/mol. The lowest BCUT2D eigenvalue weighted by molar-refractivity contribution is 0.660. The number of benzene rings is 6. The highest BCUT2D eigenvalue weighted by Crippen LogP contribution is 2.55. The maximum atomic E-state index is 5.14. The fraction of sp³-hybridized carbons (Fsp3) is 0.122. The Balaban J connectivity index is 1.10. The van der Waals surface area contributed by atoms with Crippen molar-refractivity contribution in [2.75, 3.05) is 4.90 Å². The molecule has 4 heteroatoms. The van der Waals surface area contributed by atoms with Crippen LogP contribution in [0.4, 0.5) is 11.4 Å². The van der Waals surface area contributed by atoms with E-state index in [2.05, 4.69) is 158 Å². The third kappa shape index (κ3) is 5.24. The van der Waals surface area contributed by atoms with E-state index in [9.17, 15) is 0 Å². The summed E-state index contributed by atoms with van der Waals surface area (Å²) in [6.07, 6.45) is 8.96. The first kappa shape index (κ1) is 31.4. The molecular formula is C49H38N4. The van der Waals surface area contributed by atoms with E-state index in [1.807, 2.05) is 24.3 Å². The van der Waals surface area contributed by atoms with Gasteiger partial charge in [0.1, 0.15) is 0 Å². The Morgan fingerprint density at radius 2 is 1.13 bits per heavy atom. The predicted octanol–water partition coefficient (Wildman–Crippen LogP) is 12.1. The highest BCUT2D eigenvalue weighted by atomic mass is 15.2. The molecule has 2 aliphatic carbocycles. The van der Waals surface area contributed by atoms with Crippen molar-refractivity contribution in [1.82, 2.24) is 15.0 Å². The molecule has 1 atom stereocenters. The Kier molecular flexibility index (Phi) is 7.33. The van der Waals surface area contributed by atoms with Gasteiger partial charge >= 0.3 is 0 Å². The minimum Gasteiger partial charge on any atom is -0.333 e. The zero-order chi connectivity index (χ0) is 35.5. The Hall–Kier alpha value is -6.39. The third-order valence-corrected chi connectivity index (χ3v) is 11.3. The van der Waals surface area contributed by atoms with Crippen molar-refractivity contribution in [3.63, 3.8) is 0 Å². The van der Waals surface area contributed by atoms with Gasteiger partial charge in [-0.3, -0.25) is 0 Å². The molecular weight excluding hydrogens is 645 g/mol. The summed E-state index contributed by atoms with van der Waals surface area (Å²) in [6, 6.07) is 52.0. The van der Waals surface area contributed by atoms with Crippen LogP contribution in [0.5, 0.6) is 0 Å². The Morgan fingerprint density at radius 3 is 1.89 bits per heavy atom. The summed E-state index contributed by atoms with van der Waals surface area (Å²) in [4.78, 5) is 17.8. The van der Waals surface area contributed by atoms with Crippen LogP contribution in [0.15, 0.2) is 164 Å². The molecule has 0 fully saturated rings. The molecule has 1 aromatic heterocycles. The van der Waals surface area contributed by atoms with Crippen molar-refractivity contribution in [2.24, 2.45) is 0 Å². The van der Waals surface area contributed by atoms with Crippen molar-refractivity contribution in [3.8, 4) is 56.4 Å². The van der Waals surface area contributed by atoms with Crippen LogP contribution in [0.2, 0.25) is 0 Å². The summed E-state index contributed by atoms with van der Waals surface area (Å²) in [5.74, 6) is 1.97. The van der Waals surface area contributed by atoms with Gasteiger partial charge in [-0.2, -0.15) is 0 Å². The van der Waals surface area contributed by atoms with E-state index in [0.29, 0.717) is 17.5 Å². The van der Waals surface area contributed by atoms with Crippen molar-refractivity contribution >= 4 is 16.9 Å². The maximum absolute atomic E-state index is 5.14. The molecule has 6 aromatic carbocycles. The molecule has 0 spiro atoms. The van der Waals surface area contributed by atoms with E-state index < -0.39 is 0 Å². The molecule has 53 heavy (non-hydrogen) atoms. The van der Waals surface area contributed by atoms with Gasteiger partial charge in [0.05, 0.1) is 6.04 Å². The highest BCUT2D eigenvalue weighted by Gasteiger charge is 2.41. The molecule has 0 radical (unpaired) electrons. The normalized spacial score (nSPS) is 16.3. The van der Waals surface area contributed by atoms with Crippen LogP contribution in [0.3, 0.4) is 0 Å². The molecule has 10 rings (SSSR count). The summed E-state index contributed by atoms with van der Waals surface area (Å²) >= 11 is 0. The molecule has 4 nitrogen and oxygen atoms in total. The number of hydrogen-bond donors (Lipinski definition) is 0. The molecule has 1 aliphatic heterocycles. The van der Waals surface area contributed by atoms with Crippen LogP contribution in [0, 0.1) is 0 Å². The molecule has 0 saturated heterocycles. The van der Waals surface area contributed by atoms with E-state index >= 15 is 0 Å². The number of fused-ring (bicyclic) bond motifs is 6. The first-order valence-electron chi connectivity index (χ1n) is 18.6. The molecule has 3 aliphatic rings. The average molecular weight is 683 g/mol. The lowest BCUT2D eigenvalue weighted by Crippen LogP contribution is -2.26. The lowest BCUT2D eigenvalue weighted by Gasteiger charge is -2.28. The Morgan fingerprint density at radius 1 is 0.528 bits per heavy atom. The quantitative estimate of drug-likeness (QED) is 0.181. The zero-order valence-corrected chi connectivity index (χ0v) is 29.9. The smallest absolute Gasteiger partial charge is 0.164 e. The largest absolute Gasteiger partial charge is 0.333 e. The van der Waals surface area contributed by atoms with Gasteiger partial charge in [-0.15, -0.1) is 0 Å². The number of nitrogens with zero attached hydrogens (tertiary/aromatic N) is 4. The van der Waals surface area contributed by atoms with Crippen molar-refractivity contribution in [3.05, 3.63) is 181 Å². The van der Waals surface area contributed by atoms with E-state index in [0.717, 1.165) is 40.8 Å². The fourth-order valence-electron chi connectivity index (χ4n) is 8.57. The summed E-state index contributed by atoms with van der Waals surface area (Å²) in [7, 11) is 0. The van der Waals surface area contributed by atoms with Crippen LogP contribution in [0.25, 0.3) is 62.0 Å². The average Bonchev–Trinajstić information content (AvgIpc) is 3.48. The fourth-order valence-corrected chi connectivity index (χ4v) is 8.57. The lowest BCUT2D eigenvalue weighted by atomic mass is 9.81. The molecule has 7 aromatic rings. The molecule has 0 N–H and O–H groups in total. The maximum Gasteiger partial charge on any atom is 0.164 e. The highest BCUT2D eigenvalue weighted by molar-refractivity contribution is 5.97. The molecule has 0 saturated carbocycles. The van der Waals surface area contributed by atoms with Gasteiger partial charge in [-0.05, 0) is 76.1 Å². The molecule has 0 bridgehead atoms. The van der Waals surface area contributed by atoms with Gasteiger partial charge in [0.25, 0.3) is 0 Å². The summed E-state index contributed by atoms with van der Waals surface area (Å²) < 4.78 is 0. The molecule has 0 amide bonds. The van der Waals surface area contributed by atoms with Crippen LogP contribution in [-0.2, 0) is 5.41 Å². The zero-order valence-electron chi connectivity index (χ0n) is 29.9. The van der Waals surface area contributed by atoms with E-state index in [1.54, 1.807) is 0 Å². The van der Waals surface area contributed by atoms with Crippen molar-refractivity contribution in [1.29, 1.82) is 0 Å². The summed E-state index contributed by atoms with van der Waals surface area (Å²) in [5, 5.41) is 0. The first-order valence-corrected chi connectivity index (χ1v) is 18.6. The first-order chi connectivity index (χ1) is 26.0. The van der Waals surface area contributed by atoms with Gasteiger partial charge in [0, 0.05) is 39.0 Å². The van der Waals surface area contributed by atoms with E-state index in [4.69, 9.17) is 15.0 Å². The minimum absolute atomic E-state index is 0.0559. The second-order valence-corrected chi connectivity index (χ2v) is 14.8. The van der Waals surface area contributed by atoms with Crippen LogP contribution >= 0.6 is 0 Å². The van der Waals surface area contributed by atoms with E-state index in [-0.39, 0.29) is 11.5 Å². The topological polar surface area (TPSA) is 41.9 Å². The number of anilines is 2. The second kappa shape index (κ2) is 12.4. The molecule has 254 valence electrons. The third-order valence-electron chi connectivity index (χ3n) is 11.3. The SMILES string of the molecule is CC1(C)c2ccccc2-c2cc3c(cc21)C1=CC=CCCC1N3c1cccc(-c2nc(-c3ccccc3)nc(-c3ccc(-c4ccccc4)cc3)n2)c1. The van der Waals surface area contributed by atoms with Crippen molar-refractivity contribution in [2.45, 2.75) is 38.1 Å². The standard InChI is InChI=1S/C49H38N4/c1-49(2)42-23-13-12-21-38(42)40-31-45-41(30-43(40)49)39-22-10-5-11-24-44(39)53(45)37-20-14-19-36(29-37)48-51-46(34-17-8-4-9-18-34)50-47(52-48)35-27-25-33(26-28-35)32-15-6-3-7-16-32/h3-10,12-23,25-31,44H,11,24H2,1-2H3. The van der Waals surface area contributed by atoms with Gasteiger partial charge < -0.3 is 4.90 Å². The van der Waals surface area contributed by atoms with Crippen LogP contribution in [0.1, 0.15) is 43.4 Å². The van der Waals surface area contributed by atoms with Crippen LogP contribution < -0.4 is 4.90 Å². The van der Waals surface area contributed by atoms with Gasteiger partial charge in [-0.1, -0.05) is 153 Å². The Labute approximate surface area is 310 Å². The summed E-state index contributed by atoms with van der Waals surface area (Å²) in [5.41, 5.74) is 15.8. The minimum atomic E-state index is -0.0559. The number of hydrogen-bond acceptors (Lipinski definition) is 4.